The average Bonchev–Trinajstić information content (AvgIpc) is 2.87. The number of nitrogens with zero attached hydrogens (tertiary/aromatic N) is 1. The van der Waals surface area contributed by atoms with E-state index in [1.54, 1.807) is 13.0 Å². The highest BCUT2D eigenvalue weighted by atomic mass is 35.5. The highest BCUT2D eigenvalue weighted by molar-refractivity contribution is 6.31. The zero-order valence-electron chi connectivity index (χ0n) is 19.4. The Morgan fingerprint density at radius 1 is 1.03 bits per heavy atom. The molecule has 178 valence electrons. The van der Waals surface area contributed by atoms with E-state index in [0.29, 0.717) is 16.3 Å². The first-order valence-electron chi connectivity index (χ1n) is 11.4. The molecule has 6 heteroatoms. The van der Waals surface area contributed by atoms with Gasteiger partial charge in [-0.3, -0.25) is 4.79 Å². The molecule has 0 amide bonds. The highest BCUT2D eigenvalue weighted by Crippen LogP contribution is 2.24. The molecular formula is C29H26ClNO4. The van der Waals surface area contributed by atoms with Gasteiger partial charge in [0.25, 0.3) is 0 Å². The molecule has 0 saturated heterocycles. The van der Waals surface area contributed by atoms with Crippen LogP contribution in [0.2, 0.25) is 5.02 Å². The number of esters is 1. The van der Waals surface area contributed by atoms with E-state index in [1.165, 1.54) is 0 Å². The molecule has 0 spiro atoms. The summed E-state index contributed by atoms with van der Waals surface area (Å²) in [6.45, 7) is 2.30. The van der Waals surface area contributed by atoms with E-state index in [-0.39, 0.29) is 19.6 Å². The predicted molar refractivity (Wildman–Crippen MR) is 139 cm³/mol. The quantitative estimate of drug-likeness (QED) is 0.268. The third kappa shape index (κ3) is 6.69. The topological polar surface area (TPSA) is 68.7 Å². The summed E-state index contributed by atoms with van der Waals surface area (Å²) in [5.74, 6) is 0.275. The van der Waals surface area contributed by atoms with Gasteiger partial charge in [0.1, 0.15) is 12.4 Å². The molecule has 3 aromatic carbocycles. The van der Waals surface area contributed by atoms with Crippen LogP contribution >= 0.6 is 11.6 Å². The van der Waals surface area contributed by atoms with Crippen molar-refractivity contribution in [1.29, 1.82) is 0 Å². The van der Waals surface area contributed by atoms with E-state index >= 15 is 0 Å². The van der Waals surface area contributed by atoms with Crippen LogP contribution in [0.4, 0.5) is 0 Å². The molecule has 0 aliphatic heterocycles. The first-order valence-corrected chi connectivity index (χ1v) is 11.8. The van der Waals surface area contributed by atoms with Gasteiger partial charge in [-0.15, -0.1) is 0 Å². The van der Waals surface area contributed by atoms with Crippen molar-refractivity contribution in [3.05, 3.63) is 106 Å². The number of aliphatic hydroxyl groups is 1. The highest BCUT2D eigenvalue weighted by Gasteiger charge is 2.17. The van der Waals surface area contributed by atoms with Crippen LogP contribution in [0.15, 0.2) is 78.9 Å². The Labute approximate surface area is 209 Å². The number of halogens is 1. The van der Waals surface area contributed by atoms with E-state index < -0.39 is 12.1 Å². The van der Waals surface area contributed by atoms with Crippen LogP contribution in [0.1, 0.15) is 41.8 Å². The molecule has 0 aliphatic carbocycles. The summed E-state index contributed by atoms with van der Waals surface area (Å²) in [5.41, 5.74) is 4.18. The van der Waals surface area contributed by atoms with Crippen LogP contribution in [0.3, 0.4) is 0 Å². The SMILES string of the molecule is CCOC(=O)CC(O)c1ccccc1COc1ccc(C=Cc2ccc3ccc(Cl)cc3n2)cc1. The average molecular weight is 488 g/mol. The van der Waals surface area contributed by atoms with Gasteiger partial charge in [-0.05, 0) is 60.0 Å². The molecule has 1 N–H and O–H groups in total. The number of benzene rings is 3. The van der Waals surface area contributed by atoms with Crippen molar-refractivity contribution in [3.8, 4) is 5.75 Å². The summed E-state index contributed by atoms with van der Waals surface area (Å²) in [6.07, 6.45) is 2.91. The van der Waals surface area contributed by atoms with Crippen LogP contribution in [0.5, 0.6) is 5.75 Å². The van der Waals surface area contributed by atoms with E-state index in [2.05, 4.69) is 4.98 Å². The molecule has 0 fully saturated rings. The molecule has 35 heavy (non-hydrogen) atoms. The van der Waals surface area contributed by atoms with Crippen LogP contribution in [-0.4, -0.2) is 22.7 Å². The summed E-state index contributed by atoms with van der Waals surface area (Å²) in [7, 11) is 0. The number of pyridine rings is 1. The second-order valence-electron chi connectivity index (χ2n) is 7.99. The van der Waals surface area contributed by atoms with Gasteiger partial charge in [-0.1, -0.05) is 66.2 Å². The summed E-state index contributed by atoms with van der Waals surface area (Å²) >= 11 is 6.08. The first kappa shape index (κ1) is 24.5. The Kier molecular flexibility index (Phi) is 8.14. The summed E-state index contributed by atoms with van der Waals surface area (Å²) in [4.78, 5) is 16.4. The van der Waals surface area contributed by atoms with Crippen LogP contribution in [0.25, 0.3) is 23.1 Å². The molecule has 4 rings (SSSR count). The van der Waals surface area contributed by atoms with Gasteiger partial charge in [0.05, 0.1) is 30.3 Å². The Morgan fingerprint density at radius 3 is 2.60 bits per heavy atom. The molecule has 1 atom stereocenters. The molecule has 1 unspecified atom stereocenters. The lowest BCUT2D eigenvalue weighted by atomic mass is 10.0. The van der Waals surface area contributed by atoms with Gasteiger partial charge >= 0.3 is 5.97 Å². The van der Waals surface area contributed by atoms with E-state index in [9.17, 15) is 9.90 Å². The third-order valence-corrected chi connectivity index (χ3v) is 5.71. The zero-order valence-corrected chi connectivity index (χ0v) is 20.1. The van der Waals surface area contributed by atoms with Crippen LogP contribution < -0.4 is 4.74 Å². The maximum absolute atomic E-state index is 11.7. The maximum Gasteiger partial charge on any atom is 0.308 e. The summed E-state index contributed by atoms with van der Waals surface area (Å²) < 4.78 is 10.9. The monoisotopic (exact) mass is 487 g/mol. The minimum atomic E-state index is -0.943. The second-order valence-corrected chi connectivity index (χ2v) is 8.42. The fraction of sp³-hybridized carbons (Fsp3) is 0.172. The van der Waals surface area contributed by atoms with Gasteiger partial charge in [0.2, 0.25) is 0 Å². The van der Waals surface area contributed by atoms with E-state index in [0.717, 1.165) is 27.7 Å². The standard InChI is InChI=1S/C29H26ClNO4/c1-2-34-29(33)18-28(32)26-6-4-3-5-22(26)19-35-25-15-8-20(9-16-25)7-13-24-14-11-21-10-12-23(30)17-27(21)31-24/h3-17,28,32H,2,18-19H2,1H3. The Morgan fingerprint density at radius 2 is 1.80 bits per heavy atom. The molecule has 0 radical (unpaired) electrons. The number of carbonyl (C=O) groups excluding carboxylic acids is 1. The molecule has 0 bridgehead atoms. The molecule has 0 aliphatic rings. The molecular weight excluding hydrogens is 462 g/mol. The molecule has 0 saturated carbocycles. The van der Waals surface area contributed by atoms with Gasteiger partial charge in [-0.25, -0.2) is 4.98 Å². The number of fused-ring (bicyclic) bond motifs is 1. The van der Waals surface area contributed by atoms with Gasteiger partial charge in [-0.2, -0.15) is 0 Å². The fourth-order valence-corrected chi connectivity index (χ4v) is 3.86. The Balaban J connectivity index is 1.38. The first-order chi connectivity index (χ1) is 17.0. The zero-order chi connectivity index (χ0) is 24.6. The van der Waals surface area contributed by atoms with Crippen LogP contribution in [0, 0.1) is 0 Å². The van der Waals surface area contributed by atoms with Crippen LogP contribution in [-0.2, 0) is 16.1 Å². The smallest absolute Gasteiger partial charge is 0.308 e. The number of hydrogen-bond donors (Lipinski definition) is 1. The van der Waals surface area contributed by atoms with Gasteiger partial charge < -0.3 is 14.6 Å². The number of carbonyl (C=O) groups is 1. The fourth-order valence-electron chi connectivity index (χ4n) is 3.70. The molecule has 1 aromatic heterocycles. The number of aliphatic hydroxyl groups excluding tert-OH is 1. The van der Waals surface area contributed by atoms with Crippen molar-refractivity contribution < 1.29 is 19.4 Å². The summed E-state index contributed by atoms with van der Waals surface area (Å²) in [5, 5.41) is 12.2. The lowest BCUT2D eigenvalue weighted by molar-refractivity contribution is -0.145. The van der Waals surface area contributed by atoms with E-state index in [1.807, 2.05) is 84.9 Å². The number of ether oxygens (including phenoxy) is 2. The lowest BCUT2D eigenvalue weighted by Crippen LogP contribution is -2.12. The molecule has 4 aromatic rings. The van der Waals surface area contributed by atoms with Crippen molar-refractivity contribution in [3.63, 3.8) is 0 Å². The minimum Gasteiger partial charge on any atom is -0.489 e. The second kappa shape index (κ2) is 11.6. The predicted octanol–water partition coefficient (Wildman–Crippen LogP) is 6.62. The van der Waals surface area contributed by atoms with Crippen molar-refractivity contribution >= 4 is 40.6 Å². The van der Waals surface area contributed by atoms with Gasteiger partial charge in [0.15, 0.2) is 0 Å². The number of aromatic nitrogens is 1. The number of hydrogen-bond acceptors (Lipinski definition) is 5. The van der Waals surface area contributed by atoms with Crippen molar-refractivity contribution in [2.75, 3.05) is 6.61 Å². The third-order valence-electron chi connectivity index (χ3n) is 5.48. The lowest BCUT2D eigenvalue weighted by Gasteiger charge is -2.15. The van der Waals surface area contributed by atoms with Gasteiger partial charge in [0, 0.05) is 10.4 Å². The Bertz CT molecular complexity index is 1330. The maximum atomic E-state index is 11.7. The van der Waals surface area contributed by atoms with E-state index in [4.69, 9.17) is 21.1 Å². The van der Waals surface area contributed by atoms with Crippen molar-refractivity contribution in [2.24, 2.45) is 0 Å². The summed E-state index contributed by atoms with van der Waals surface area (Å²) in [6, 6.07) is 24.8. The minimum absolute atomic E-state index is 0.0923. The normalized spacial score (nSPS) is 12.1. The number of rotatable bonds is 9. The molecule has 1 heterocycles. The molecule has 5 nitrogen and oxygen atoms in total. The van der Waals surface area contributed by atoms with Crippen molar-refractivity contribution in [1.82, 2.24) is 4.98 Å². The largest absolute Gasteiger partial charge is 0.489 e. The Hall–Kier alpha value is -3.67. The van der Waals surface area contributed by atoms with Crippen molar-refractivity contribution in [2.45, 2.75) is 26.1 Å².